The monoisotopic (exact) mass is 432 g/mol. The zero-order chi connectivity index (χ0) is 21.5. The SMILES string of the molecule is NC1CC2CN(c3ccc(-c4cc(F)cc(F)c4F)nn3)C(C[C@@H]3CCCCO3)C2C1. The van der Waals surface area contributed by atoms with Crippen LogP contribution in [0.15, 0.2) is 24.3 Å². The van der Waals surface area contributed by atoms with E-state index in [9.17, 15) is 13.2 Å². The number of halogens is 3. The number of hydrogen-bond donors (Lipinski definition) is 1. The van der Waals surface area contributed by atoms with Crippen LogP contribution in [-0.4, -0.2) is 41.5 Å². The highest BCUT2D eigenvalue weighted by Gasteiger charge is 2.47. The van der Waals surface area contributed by atoms with Gasteiger partial charge < -0.3 is 15.4 Å². The maximum atomic E-state index is 14.1. The number of ether oxygens (including phenoxy) is 1. The van der Waals surface area contributed by atoms with Crippen molar-refractivity contribution >= 4 is 5.82 Å². The minimum absolute atomic E-state index is 0.105. The lowest BCUT2D eigenvalue weighted by atomic mass is 9.89. The average Bonchev–Trinajstić information content (AvgIpc) is 3.28. The highest BCUT2D eigenvalue weighted by molar-refractivity contribution is 5.61. The van der Waals surface area contributed by atoms with E-state index in [0.717, 1.165) is 51.3 Å². The van der Waals surface area contributed by atoms with E-state index in [1.54, 1.807) is 12.1 Å². The number of aromatic nitrogens is 2. The standard InChI is InChI=1S/C23H27F3N4O/c24-14-8-18(23(26)19(25)9-14)20-4-5-22(29-28-20)30-12-13-7-15(27)10-17(13)21(30)11-16-3-1-2-6-31-16/h4-5,8-9,13,15-17,21H,1-3,6-7,10-12,27H2/t13?,15?,16-,17?,21?/m0/s1. The van der Waals surface area contributed by atoms with Gasteiger partial charge in [-0.1, -0.05) is 0 Å². The Balaban J connectivity index is 1.40. The maximum Gasteiger partial charge on any atom is 0.168 e. The Labute approximate surface area is 179 Å². The van der Waals surface area contributed by atoms with Gasteiger partial charge in [-0.3, -0.25) is 0 Å². The molecule has 0 bridgehead atoms. The molecule has 3 aliphatic rings. The largest absolute Gasteiger partial charge is 0.378 e. The summed E-state index contributed by atoms with van der Waals surface area (Å²) < 4.78 is 47.3. The predicted octanol–water partition coefficient (Wildman–Crippen LogP) is 4.06. The minimum atomic E-state index is -1.24. The van der Waals surface area contributed by atoms with E-state index in [-0.39, 0.29) is 29.4 Å². The van der Waals surface area contributed by atoms with Gasteiger partial charge in [0.1, 0.15) is 5.82 Å². The number of rotatable bonds is 4. The number of fused-ring (bicyclic) bond motifs is 1. The fourth-order valence-corrected chi connectivity index (χ4v) is 5.69. The van der Waals surface area contributed by atoms with Gasteiger partial charge in [-0.05, 0) is 68.6 Å². The first-order valence-corrected chi connectivity index (χ1v) is 11.1. The third-order valence-electron chi connectivity index (χ3n) is 7.10. The van der Waals surface area contributed by atoms with Crippen molar-refractivity contribution < 1.29 is 17.9 Å². The smallest absolute Gasteiger partial charge is 0.168 e. The van der Waals surface area contributed by atoms with Crippen molar-refractivity contribution in [3.8, 4) is 11.3 Å². The molecule has 5 rings (SSSR count). The molecular formula is C23H27F3N4O. The van der Waals surface area contributed by atoms with E-state index in [1.807, 2.05) is 0 Å². The number of anilines is 1. The topological polar surface area (TPSA) is 64.3 Å². The van der Waals surface area contributed by atoms with E-state index in [1.165, 1.54) is 6.42 Å². The van der Waals surface area contributed by atoms with E-state index in [2.05, 4.69) is 15.1 Å². The third kappa shape index (κ3) is 4.03. The van der Waals surface area contributed by atoms with E-state index < -0.39 is 17.5 Å². The van der Waals surface area contributed by atoms with Gasteiger partial charge in [0.2, 0.25) is 0 Å². The molecule has 2 saturated heterocycles. The van der Waals surface area contributed by atoms with Crippen LogP contribution < -0.4 is 10.6 Å². The zero-order valence-corrected chi connectivity index (χ0v) is 17.3. The van der Waals surface area contributed by atoms with Gasteiger partial charge in [-0.25, -0.2) is 13.2 Å². The summed E-state index contributed by atoms with van der Waals surface area (Å²) >= 11 is 0. The molecule has 5 atom stereocenters. The normalized spacial score (nSPS) is 30.6. The predicted molar refractivity (Wildman–Crippen MR) is 111 cm³/mol. The summed E-state index contributed by atoms with van der Waals surface area (Å²) in [6, 6.07) is 5.31. The first-order valence-electron chi connectivity index (χ1n) is 11.1. The Kier molecular flexibility index (Phi) is 5.60. The van der Waals surface area contributed by atoms with Gasteiger partial charge in [0.15, 0.2) is 17.5 Å². The van der Waals surface area contributed by atoms with Crippen molar-refractivity contribution in [1.29, 1.82) is 0 Å². The Hall–Kier alpha value is -2.19. The quantitative estimate of drug-likeness (QED) is 0.738. The van der Waals surface area contributed by atoms with Gasteiger partial charge in [-0.2, -0.15) is 0 Å². The summed E-state index contributed by atoms with van der Waals surface area (Å²) in [7, 11) is 0. The fraction of sp³-hybridized carbons (Fsp3) is 0.565. The summed E-state index contributed by atoms with van der Waals surface area (Å²) in [6.45, 7) is 1.67. The van der Waals surface area contributed by atoms with Crippen molar-refractivity contribution in [2.24, 2.45) is 17.6 Å². The Morgan fingerprint density at radius 2 is 1.97 bits per heavy atom. The molecule has 0 spiro atoms. The van der Waals surface area contributed by atoms with Crippen molar-refractivity contribution in [3.63, 3.8) is 0 Å². The molecule has 0 amide bonds. The molecule has 8 heteroatoms. The number of hydrogen-bond acceptors (Lipinski definition) is 5. The second-order valence-electron chi connectivity index (χ2n) is 9.13. The Bertz CT molecular complexity index is 935. The first kappa shape index (κ1) is 20.7. The van der Waals surface area contributed by atoms with Crippen molar-refractivity contribution in [1.82, 2.24) is 10.2 Å². The zero-order valence-electron chi connectivity index (χ0n) is 17.3. The van der Waals surface area contributed by atoms with E-state index in [0.29, 0.717) is 23.7 Å². The molecule has 3 fully saturated rings. The van der Waals surface area contributed by atoms with Crippen LogP contribution in [-0.2, 0) is 4.74 Å². The van der Waals surface area contributed by atoms with Crippen molar-refractivity contribution in [2.45, 2.75) is 56.7 Å². The third-order valence-corrected chi connectivity index (χ3v) is 7.10. The highest BCUT2D eigenvalue weighted by Crippen LogP contribution is 2.45. The van der Waals surface area contributed by atoms with Gasteiger partial charge in [0.05, 0.1) is 11.8 Å². The molecule has 2 aromatic rings. The van der Waals surface area contributed by atoms with Gasteiger partial charge in [-0.15, -0.1) is 10.2 Å². The molecule has 3 heterocycles. The second kappa shape index (κ2) is 8.39. The van der Waals surface area contributed by atoms with Crippen molar-refractivity contribution in [3.05, 3.63) is 41.7 Å². The lowest BCUT2D eigenvalue weighted by molar-refractivity contribution is 0.00483. The van der Waals surface area contributed by atoms with Gasteiger partial charge in [0, 0.05) is 36.9 Å². The lowest BCUT2D eigenvalue weighted by Crippen LogP contribution is -2.39. The number of nitrogens with two attached hydrogens (primary N) is 1. The van der Waals surface area contributed by atoms with Crippen molar-refractivity contribution in [2.75, 3.05) is 18.1 Å². The highest BCUT2D eigenvalue weighted by atomic mass is 19.2. The summed E-state index contributed by atoms with van der Waals surface area (Å²) in [4.78, 5) is 2.28. The average molecular weight is 432 g/mol. The minimum Gasteiger partial charge on any atom is -0.378 e. The number of nitrogens with zero attached hydrogens (tertiary/aromatic N) is 3. The molecule has 5 nitrogen and oxygen atoms in total. The Morgan fingerprint density at radius 3 is 2.71 bits per heavy atom. The number of benzene rings is 1. The van der Waals surface area contributed by atoms with Crippen LogP contribution in [0.4, 0.5) is 19.0 Å². The second-order valence-corrected chi connectivity index (χ2v) is 9.13. The summed E-state index contributed by atoms with van der Waals surface area (Å²) in [5.74, 6) is -1.50. The van der Waals surface area contributed by atoms with Crippen LogP contribution in [0, 0.1) is 29.3 Å². The molecule has 0 radical (unpaired) electrons. The molecule has 4 unspecified atom stereocenters. The van der Waals surface area contributed by atoms with Crippen LogP contribution >= 0.6 is 0 Å². The molecular weight excluding hydrogens is 405 g/mol. The van der Waals surface area contributed by atoms with E-state index >= 15 is 0 Å². The molecule has 2 N–H and O–H groups in total. The van der Waals surface area contributed by atoms with Crippen LogP contribution in [0.5, 0.6) is 0 Å². The maximum absolute atomic E-state index is 14.1. The fourth-order valence-electron chi connectivity index (χ4n) is 5.69. The summed E-state index contributed by atoms with van der Waals surface area (Å²) in [6.07, 6.45) is 6.55. The Morgan fingerprint density at radius 1 is 1.10 bits per heavy atom. The lowest BCUT2D eigenvalue weighted by Gasteiger charge is -2.33. The molecule has 2 aliphatic heterocycles. The molecule has 1 aromatic carbocycles. The first-order chi connectivity index (χ1) is 15.0. The molecule has 1 aromatic heterocycles. The molecule has 1 aliphatic carbocycles. The summed E-state index contributed by atoms with van der Waals surface area (Å²) in [5, 5.41) is 8.43. The molecule has 1 saturated carbocycles. The van der Waals surface area contributed by atoms with E-state index in [4.69, 9.17) is 10.5 Å². The van der Waals surface area contributed by atoms with Gasteiger partial charge in [0.25, 0.3) is 0 Å². The van der Waals surface area contributed by atoms with Crippen LogP contribution in [0.2, 0.25) is 0 Å². The van der Waals surface area contributed by atoms with Crippen LogP contribution in [0.25, 0.3) is 11.3 Å². The molecule has 166 valence electrons. The summed E-state index contributed by atoms with van der Waals surface area (Å²) in [5.41, 5.74) is 6.13. The van der Waals surface area contributed by atoms with Crippen LogP contribution in [0.3, 0.4) is 0 Å². The van der Waals surface area contributed by atoms with Crippen LogP contribution in [0.1, 0.15) is 38.5 Å². The molecule has 31 heavy (non-hydrogen) atoms. The van der Waals surface area contributed by atoms with Gasteiger partial charge >= 0.3 is 0 Å².